The van der Waals surface area contributed by atoms with Crippen LogP contribution in [0.2, 0.25) is 0 Å². The van der Waals surface area contributed by atoms with Gasteiger partial charge in [0.2, 0.25) is 0 Å². The largest absolute Gasteiger partial charge is 0.507 e. The zero-order valence-electron chi connectivity index (χ0n) is 18.5. The van der Waals surface area contributed by atoms with Crippen LogP contribution in [0.3, 0.4) is 0 Å². The van der Waals surface area contributed by atoms with Gasteiger partial charge in [0.15, 0.2) is 0 Å². The second-order valence-electron chi connectivity index (χ2n) is 8.20. The lowest BCUT2D eigenvalue weighted by Gasteiger charge is -2.26. The Morgan fingerprint density at radius 2 is 1.88 bits per heavy atom. The van der Waals surface area contributed by atoms with Gasteiger partial charge in [-0.15, -0.1) is 0 Å². The molecule has 0 bridgehead atoms. The number of aliphatic hydroxyl groups excluding tert-OH is 1. The van der Waals surface area contributed by atoms with Crippen molar-refractivity contribution in [2.24, 2.45) is 0 Å². The molecule has 2 aliphatic rings. The summed E-state index contributed by atoms with van der Waals surface area (Å²) in [4.78, 5) is 27.7. The summed E-state index contributed by atoms with van der Waals surface area (Å²) in [5.41, 5.74) is 2.23. The number of aryl methyl sites for hydroxylation is 1. The van der Waals surface area contributed by atoms with Crippen molar-refractivity contribution in [2.75, 3.05) is 18.6 Å². The fraction of sp³-hybridized carbons (Fsp3) is 0.185. The fourth-order valence-electron chi connectivity index (χ4n) is 4.49. The standard InChI is InChI=1S/C27H22FNO5/c1-33-21-6-2-4-17(15-21)24-23(25(30)18-7-12-22-16(14-18)5-3-13-34-22)26(31)27(32)29(24)20-10-8-19(28)9-11-20/h2,4,6-12,14-15,24,30H,3,5,13H2,1H3/b25-23-. The highest BCUT2D eigenvalue weighted by molar-refractivity contribution is 6.51. The molecule has 0 saturated carbocycles. The molecule has 3 aromatic rings. The fourth-order valence-corrected chi connectivity index (χ4v) is 4.49. The lowest BCUT2D eigenvalue weighted by molar-refractivity contribution is -0.132. The second kappa shape index (κ2) is 8.67. The minimum Gasteiger partial charge on any atom is -0.507 e. The third kappa shape index (κ3) is 3.69. The number of rotatable bonds is 4. The monoisotopic (exact) mass is 459 g/mol. The number of halogens is 1. The predicted octanol–water partition coefficient (Wildman–Crippen LogP) is 4.79. The lowest BCUT2D eigenvalue weighted by atomic mass is 9.93. The van der Waals surface area contributed by atoms with Crippen molar-refractivity contribution >= 4 is 23.1 Å². The molecule has 1 fully saturated rings. The number of benzene rings is 3. The summed E-state index contributed by atoms with van der Waals surface area (Å²) in [7, 11) is 1.52. The molecule has 2 heterocycles. The molecule has 0 spiro atoms. The number of Topliss-reactive ketones (excluding diaryl/α,β-unsaturated/α-hetero) is 1. The SMILES string of the molecule is COc1cccc(C2/C(=C(/O)c3ccc4c(c3)CCCO4)C(=O)C(=O)N2c2ccc(F)cc2)c1. The normalized spacial score (nSPS) is 19.0. The summed E-state index contributed by atoms with van der Waals surface area (Å²) in [5, 5.41) is 11.3. The van der Waals surface area contributed by atoms with E-state index in [1.807, 2.05) is 0 Å². The zero-order chi connectivity index (χ0) is 23.8. The number of hydrogen-bond acceptors (Lipinski definition) is 5. The van der Waals surface area contributed by atoms with Gasteiger partial charge in [-0.05, 0) is 78.6 Å². The van der Waals surface area contributed by atoms with Crippen LogP contribution in [0.15, 0.2) is 72.3 Å². The Bertz CT molecular complexity index is 1310. The van der Waals surface area contributed by atoms with Crippen LogP contribution >= 0.6 is 0 Å². The van der Waals surface area contributed by atoms with Crippen LogP contribution < -0.4 is 14.4 Å². The summed E-state index contributed by atoms with van der Waals surface area (Å²) >= 11 is 0. The molecule has 0 aromatic heterocycles. The van der Waals surface area contributed by atoms with Crippen LogP contribution in [0, 0.1) is 5.82 Å². The second-order valence-corrected chi connectivity index (χ2v) is 8.20. The summed E-state index contributed by atoms with van der Waals surface area (Å²) in [6.45, 7) is 0.636. The zero-order valence-corrected chi connectivity index (χ0v) is 18.5. The van der Waals surface area contributed by atoms with Crippen LogP contribution in [-0.2, 0) is 16.0 Å². The number of carbonyl (C=O) groups is 2. The van der Waals surface area contributed by atoms with Crippen molar-refractivity contribution in [1.29, 1.82) is 0 Å². The van der Waals surface area contributed by atoms with Gasteiger partial charge in [-0.3, -0.25) is 14.5 Å². The number of carbonyl (C=O) groups excluding carboxylic acids is 2. The van der Waals surface area contributed by atoms with Gasteiger partial charge in [0.25, 0.3) is 11.7 Å². The average molecular weight is 459 g/mol. The molecule has 1 N–H and O–H groups in total. The van der Waals surface area contributed by atoms with Crippen LogP contribution in [-0.4, -0.2) is 30.5 Å². The average Bonchev–Trinajstić information content (AvgIpc) is 3.14. The van der Waals surface area contributed by atoms with Gasteiger partial charge in [-0.1, -0.05) is 12.1 Å². The van der Waals surface area contributed by atoms with E-state index in [9.17, 15) is 19.1 Å². The van der Waals surface area contributed by atoms with Gasteiger partial charge in [0, 0.05) is 11.3 Å². The maximum Gasteiger partial charge on any atom is 0.300 e. The van der Waals surface area contributed by atoms with E-state index in [-0.39, 0.29) is 11.3 Å². The topological polar surface area (TPSA) is 76.1 Å². The van der Waals surface area contributed by atoms with E-state index in [4.69, 9.17) is 9.47 Å². The maximum absolute atomic E-state index is 13.6. The molecular formula is C27H22FNO5. The van der Waals surface area contributed by atoms with Crippen LogP contribution in [0.5, 0.6) is 11.5 Å². The Kier molecular flexibility index (Phi) is 5.53. The highest BCUT2D eigenvalue weighted by Crippen LogP contribution is 2.43. The van der Waals surface area contributed by atoms with E-state index < -0.39 is 23.5 Å². The van der Waals surface area contributed by atoms with E-state index in [2.05, 4.69) is 0 Å². The summed E-state index contributed by atoms with van der Waals surface area (Å²) in [6.07, 6.45) is 1.65. The number of hydrogen-bond donors (Lipinski definition) is 1. The maximum atomic E-state index is 13.6. The molecule has 6 nitrogen and oxygen atoms in total. The smallest absolute Gasteiger partial charge is 0.300 e. The minimum atomic E-state index is -0.923. The number of fused-ring (bicyclic) bond motifs is 1. The third-order valence-corrected chi connectivity index (χ3v) is 6.14. The Balaban J connectivity index is 1.70. The third-order valence-electron chi connectivity index (χ3n) is 6.14. The molecular weight excluding hydrogens is 437 g/mol. The van der Waals surface area contributed by atoms with Gasteiger partial charge in [0.1, 0.15) is 23.1 Å². The summed E-state index contributed by atoms with van der Waals surface area (Å²) < 4.78 is 24.6. The Labute approximate surface area is 195 Å². The molecule has 34 heavy (non-hydrogen) atoms. The Morgan fingerprint density at radius 1 is 1.09 bits per heavy atom. The summed E-state index contributed by atoms with van der Waals surface area (Å²) in [5.74, 6) is -1.07. The lowest BCUT2D eigenvalue weighted by Crippen LogP contribution is -2.29. The van der Waals surface area contributed by atoms with Crippen LogP contribution in [0.1, 0.15) is 29.2 Å². The van der Waals surface area contributed by atoms with Crippen molar-refractivity contribution in [3.8, 4) is 11.5 Å². The number of nitrogens with zero attached hydrogens (tertiary/aromatic N) is 1. The number of aliphatic hydroxyl groups is 1. The molecule has 5 rings (SSSR count). The van der Waals surface area contributed by atoms with Crippen LogP contribution in [0.4, 0.5) is 10.1 Å². The van der Waals surface area contributed by atoms with Crippen molar-refractivity contribution in [1.82, 2.24) is 0 Å². The van der Waals surface area contributed by atoms with Crippen LogP contribution in [0.25, 0.3) is 5.76 Å². The first-order chi connectivity index (χ1) is 16.5. The van der Waals surface area contributed by atoms with Crippen molar-refractivity contribution in [2.45, 2.75) is 18.9 Å². The number of amides is 1. The highest BCUT2D eigenvalue weighted by Gasteiger charge is 2.47. The number of anilines is 1. The molecule has 1 saturated heterocycles. The van der Waals surface area contributed by atoms with E-state index in [0.29, 0.717) is 29.2 Å². The molecule has 0 radical (unpaired) electrons. The minimum absolute atomic E-state index is 0.0424. The molecule has 1 amide bonds. The van der Waals surface area contributed by atoms with Gasteiger partial charge in [-0.2, -0.15) is 0 Å². The van der Waals surface area contributed by atoms with Crippen molar-refractivity contribution < 1.29 is 28.6 Å². The molecule has 7 heteroatoms. The molecule has 1 atom stereocenters. The Hall–Kier alpha value is -4.13. The first kappa shape index (κ1) is 21.7. The summed E-state index contributed by atoms with van der Waals surface area (Å²) in [6, 6.07) is 16.6. The van der Waals surface area contributed by atoms with Gasteiger partial charge >= 0.3 is 0 Å². The van der Waals surface area contributed by atoms with E-state index in [1.165, 1.54) is 36.3 Å². The first-order valence-electron chi connectivity index (χ1n) is 10.9. The number of ether oxygens (including phenoxy) is 2. The van der Waals surface area contributed by atoms with Gasteiger partial charge < -0.3 is 14.6 Å². The van der Waals surface area contributed by atoms with Gasteiger partial charge in [0.05, 0.1) is 25.3 Å². The molecule has 3 aromatic carbocycles. The predicted molar refractivity (Wildman–Crippen MR) is 124 cm³/mol. The van der Waals surface area contributed by atoms with Gasteiger partial charge in [-0.25, -0.2) is 4.39 Å². The molecule has 1 unspecified atom stereocenters. The number of methoxy groups -OCH3 is 1. The molecule has 0 aliphatic carbocycles. The quantitative estimate of drug-likeness (QED) is 0.345. The number of ketones is 1. The van der Waals surface area contributed by atoms with Crippen molar-refractivity contribution in [3.63, 3.8) is 0 Å². The van der Waals surface area contributed by atoms with E-state index in [1.54, 1.807) is 42.5 Å². The van der Waals surface area contributed by atoms with Crippen molar-refractivity contribution in [3.05, 3.63) is 94.8 Å². The van der Waals surface area contributed by atoms with E-state index >= 15 is 0 Å². The Morgan fingerprint density at radius 3 is 2.65 bits per heavy atom. The van der Waals surface area contributed by atoms with E-state index in [0.717, 1.165) is 24.2 Å². The first-order valence-corrected chi connectivity index (χ1v) is 10.9. The molecule has 172 valence electrons. The molecule has 2 aliphatic heterocycles. The highest BCUT2D eigenvalue weighted by atomic mass is 19.1.